The summed E-state index contributed by atoms with van der Waals surface area (Å²) in [4.78, 5) is 13.5. The van der Waals surface area contributed by atoms with Crippen molar-refractivity contribution in [1.82, 2.24) is 9.13 Å². The van der Waals surface area contributed by atoms with Crippen molar-refractivity contribution in [3.05, 3.63) is 82.2 Å². The molecule has 0 fully saturated rings. The maximum absolute atomic E-state index is 13.5. The number of carbonyl (C=O) groups is 1. The first kappa shape index (κ1) is 24.6. The van der Waals surface area contributed by atoms with Crippen molar-refractivity contribution in [2.45, 2.75) is 78.8 Å². The first-order chi connectivity index (χ1) is 15.3. The van der Waals surface area contributed by atoms with Gasteiger partial charge in [-0.1, -0.05) is 78.8 Å². The monoisotopic (exact) mass is 447 g/mol. The Morgan fingerprint density at radius 2 is 1.52 bits per heavy atom. The van der Waals surface area contributed by atoms with E-state index in [9.17, 15) is 9.90 Å². The number of aryl methyl sites for hydroxylation is 1. The second-order valence-electron chi connectivity index (χ2n) is 10.8. The number of hydrogen-bond donors (Lipinski definition) is 2. The standard InChI is InChI=1S/C28H37N3O2/c1-8-21-17-30(16-19-12-10-9-11-13-19)26(29)31(21)18-24(32)20-14-22(27(2,3)4)25(33)23(15-20)28(5,6)7/h9-15,17,29,33H,8,16,18H2,1-7H3. The van der Waals surface area contributed by atoms with Crippen LogP contribution in [0.15, 0.2) is 48.7 Å². The third kappa shape index (κ3) is 5.29. The number of imidazole rings is 1. The Kier molecular flexibility index (Phi) is 6.73. The average molecular weight is 448 g/mol. The largest absolute Gasteiger partial charge is 0.507 e. The van der Waals surface area contributed by atoms with Crippen LogP contribution in [0.25, 0.3) is 0 Å². The summed E-state index contributed by atoms with van der Waals surface area (Å²) in [5, 5.41) is 19.7. The number of ketones is 1. The molecule has 3 aromatic rings. The molecule has 0 atom stereocenters. The lowest BCUT2D eigenvalue weighted by atomic mass is 9.78. The van der Waals surface area contributed by atoms with Gasteiger partial charge >= 0.3 is 0 Å². The van der Waals surface area contributed by atoms with E-state index < -0.39 is 0 Å². The Labute approximate surface area is 197 Å². The smallest absolute Gasteiger partial charge is 0.202 e. The predicted octanol–water partition coefficient (Wildman–Crippen LogP) is 5.56. The van der Waals surface area contributed by atoms with Gasteiger partial charge in [0.15, 0.2) is 5.78 Å². The quantitative estimate of drug-likeness (QED) is 0.485. The summed E-state index contributed by atoms with van der Waals surface area (Å²) in [6.45, 7) is 15.0. The van der Waals surface area contributed by atoms with Crippen LogP contribution in [0.1, 0.15) is 81.2 Å². The van der Waals surface area contributed by atoms with Crippen molar-refractivity contribution in [3.8, 4) is 5.75 Å². The van der Waals surface area contributed by atoms with Gasteiger partial charge in [0, 0.05) is 28.6 Å². The molecule has 0 radical (unpaired) electrons. The van der Waals surface area contributed by atoms with Crippen LogP contribution >= 0.6 is 0 Å². The molecule has 2 N–H and O–H groups in total. The van der Waals surface area contributed by atoms with Gasteiger partial charge in [-0.3, -0.25) is 10.2 Å². The average Bonchev–Trinajstić information content (AvgIpc) is 3.02. The molecule has 5 heteroatoms. The molecule has 0 aliphatic heterocycles. The number of benzene rings is 2. The van der Waals surface area contributed by atoms with Crippen LogP contribution < -0.4 is 5.62 Å². The molecule has 3 rings (SSSR count). The van der Waals surface area contributed by atoms with E-state index in [1.54, 1.807) is 4.57 Å². The Hall–Kier alpha value is -3.08. The lowest BCUT2D eigenvalue weighted by Gasteiger charge is -2.28. The van der Waals surface area contributed by atoms with Gasteiger partial charge in [0.25, 0.3) is 0 Å². The molecule has 0 unspecified atom stereocenters. The van der Waals surface area contributed by atoms with Crippen molar-refractivity contribution in [3.63, 3.8) is 0 Å². The zero-order valence-corrected chi connectivity index (χ0v) is 21.0. The van der Waals surface area contributed by atoms with Gasteiger partial charge in [-0.15, -0.1) is 0 Å². The second kappa shape index (κ2) is 9.05. The van der Waals surface area contributed by atoms with E-state index in [0.29, 0.717) is 17.7 Å². The highest BCUT2D eigenvalue weighted by molar-refractivity contribution is 5.96. The molecule has 0 saturated carbocycles. The predicted molar refractivity (Wildman–Crippen MR) is 133 cm³/mol. The molecule has 0 spiro atoms. The molecule has 0 aliphatic rings. The number of phenolic OH excluding ortho intramolecular Hbond substituents is 1. The van der Waals surface area contributed by atoms with E-state index in [1.807, 2.05) is 102 Å². The third-order valence-electron chi connectivity index (χ3n) is 6.09. The summed E-state index contributed by atoms with van der Waals surface area (Å²) in [6, 6.07) is 13.7. The Balaban J connectivity index is 2.01. The number of aromatic nitrogens is 2. The van der Waals surface area contributed by atoms with Gasteiger partial charge in [-0.2, -0.15) is 0 Å². The molecular formula is C28H37N3O2. The van der Waals surface area contributed by atoms with Crippen LogP contribution in [0.2, 0.25) is 0 Å². The maximum atomic E-state index is 13.5. The van der Waals surface area contributed by atoms with E-state index >= 15 is 0 Å². The third-order valence-corrected chi connectivity index (χ3v) is 6.09. The van der Waals surface area contributed by atoms with Crippen LogP contribution in [-0.2, 0) is 30.3 Å². The maximum Gasteiger partial charge on any atom is 0.202 e. The molecule has 0 amide bonds. The number of carbonyl (C=O) groups excluding carboxylic acids is 1. The van der Waals surface area contributed by atoms with Gasteiger partial charge in [0.2, 0.25) is 5.62 Å². The summed E-state index contributed by atoms with van der Waals surface area (Å²) in [5.41, 5.74) is 3.89. The van der Waals surface area contributed by atoms with E-state index in [4.69, 9.17) is 5.41 Å². The minimum atomic E-state index is -0.304. The molecule has 33 heavy (non-hydrogen) atoms. The summed E-state index contributed by atoms with van der Waals surface area (Å²) in [6.07, 6.45) is 2.71. The molecule has 1 aromatic heterocycles. The fourth-order valence-electron chi connectivity index (χ4n) is 4.13. The van der Waals surface area contributed by atoms with Crippen LogP contribution in [0.3, 0.4) is 0 Å². The van der Waals surface area contributed by atoms with Gasteiger partial charge < -0.3 is 14.2 Å². The topological polar surface area (TPSA) is 71.0 Å². The molecule has 0 aliphatic carbocycles. The van der Waals surface area contributed by atoms with Crippen molar-refractivity contribution in [1.29, 1.82) is 5.41 Å². The zero-order valence-electron chi connectivity index (χ0n) is 21.0. The highest BCUT2D eigenvalue weighted by Crippen LogP contribution is 2.39. The fourth-order valence-corrected chi connectivity index (χ4v) is 4.13. The molecular weight excluding hydrogens is 410 g/mol. The normalized spacial score (nSPS) is 12.2. The lowest BCUT2D eigenvalue weighted by molar-refractivity contribution is 0.0968. The lowest BCUT2D eigenvalue weighted by Crippen LogP contribution is -2.29. The van der Waals surface area contributed by atoms with Gasteiger partial charge in [-0.25, -0.2) is 0 Å². The highest BCUT2D eigenvalue weighted by Gasteiger charge is 2.28. The number of aromatic hydroxyl groups is 1. The van der Waals surface area contributed by atoms with Gasteiger partial charge in [-0.05, 0) is 34.9 Å². The Morgan fingerprint density at radius 3 is 2.00 bits per heavy atom. The number of nitrogens with one attached hydrogen (secondary N) is 1. The molecule has 176 valence electrons. The van der Waals surface area contributed by atoms with Crippen LogP contribution in [-0.4, -0.2) is 20.0 Å². The number of rotatable bonds is 6. The second-order valence-corrected chi connectivity index (χ2v) is 10.8. The minimum Gasteiger partial charge on any atom is -0.507 e. The highest BCUT2D eigenvalue weighted by atomic mass is 16.3. The summed E-state index contributed by atoms with van der Waals surface area (Å²) < 4.78 is 3.69. The number of hydrogen-bond acceptors (Lipinski definition) is 3. The Morgan fingerprint density at radius 1 is 0.970 bits per heavy atom. The first-order valence-corrected chi connectivity index (χ1v) is 11.6. The van der Waals surface area contributed by atoms with Crippen molar-refractivity contribution in [2.24, 2.45) is 0 Å². The minimum absolute atomic E-state index is 0.0586. The van der Waals surface area contributed by atoms with E-state index in [0.717, 1.165) is 28.8 Å². The van der Waals surface area contributed by atoms with E-state index in [1.165, 1.54) is 0 Å². The zero-order chi connectivity index (χ0) is 24.6. The summed E-state index contributed by atoms with van der Waals surface area (Å²) in [5.74, 6) is 0.209. The molecule has 0 saturated heterocycles. The van der Waals surface area contributed by atoms with Crippen molar-refractivity contribution in [2.75, 3.05) is 0 Å². The molecule has 5 nitrogen and oxygen atoms in total. The van der Waals surface area contributed by atoms with Crippen LogP contribution in [0, 0.1) is 5.41 Å². The number of Topliss-reactive ketones (excluding diaryl/α,β-unsaturated/α-hetero) is 1. The fraction of sp³-hybridized carbons (Fsp3) is 0.429. The number of nitrogens with zero attached hydrogens (tertiary/aromatic N) is 2. The molecule has 0 bridgehead atoms. The SMILES string of the molecule is CCc1cn(Cc2ccccc2)c(=N)n1CC(=O)c1cc(C(C)(C)C)c(O)c(C(C)(C)C)c1. The van der Waals surface area contributed by atoms with E-state index in [-0.39, 0.29) is 28.9 Å². The summed E-state index contributed by atoms with van der Waals surface area (Å²) in [7, 11) is 0. The number of phenols is 1. The van der Waals surface area contributed by atoms with Gasteiger partial charge in [0.1, 0.15) is 5.75 Å². The van der Waals surface area contributed by atoms with E-state index in [2.05, 4.69) is 0 Å². The van der Waals surface area contributed by atoms with Gasteiger partial charge in [0.05, 0.1) is 13.1 Å². The van der Waals surface area contributed by atoms with Crippen molar-refractivity contribution >= 4 is 5.78 Å². The van der Waals surface area contributed by atoms with Crippen LogP contribution in [0.4, 0.5) is 0 Å². The molecule has 1 heterocycles. The van der Waals surface area contributed by atoms with Crippen molar-refractivity contribution < 1.29 is 9.90 Å². The summed E-state index contributed by atoms with van der Waals surface area (Å²) >= 11 is 0. The molecule has 2 aromatic carbocycles. The first-order valence-electron chi connectivity index (χ1n) is 11.6. The Bertz CT molecular complexity index is 1170. The van der Waals surface area contributed by atoms with Crippen LogP contribution in [0.5, 0.6) is 5.75 Å².